The summed E-state index contributed by atoms with van der Waals surface area (Å²) in [6.45, 7) is 0.0857. The summed E-state index contributed by atoms with van der Waals surface area (Å²) in [5.74, 6) is -2.00. The highest BCUT2D eigenvalue weighted by atomic mass is 16.6. The van der Waals surface area contributed by atoms with E-state index in [0.717, 1.165) is 6.92 Å². The molecule has 1 amide bonds. The predicted molar refractivity (Wildman–Crippen MR) is 76.4 cm³/mol. The van der Waals surface area contributed by atoms with E-state index in [1.807, 2.05) is 0 Å². The minimum absolute atomic E-state index is 0.0262. The molecule has 1 rings (SSSR count). The van der Waals surface area contributed by atoms with Gasteiger partial charge < -0.3 is 25.0 Å². The Kier molecular flexibility index (Phi) is 5.85. The molecule has 1 unspecified atom stereocenters. The quantitative estimate of drug-likeness (QED) is 0.444. The molecule has 0 spiro atoms. The summed E-state index contributed by atoms with van der Waals surface area (Å²) in [4.78, 5) is 32.3. The fourth-order valence-electron chi connectivity index (χ4n) is 1.44. The van der Waals surface area contributed by atoms with E-state index in [0.29, 0.717) is 0 Å². The number of carboxylic acids is 1. The summed E-state index contributed by atoms with van der Waals surface area (Å²) in [7, 11) is 1.26. The maximum absolute atomic E-state index is 11.5. The first-order valence-electron chi connectivity index (χ1n) is 6.35. The molecule has 0 saturated carbocycles. The normalized spacial score (nSPS) is 12.8. The van der Waals surface area contributed by atoms with Crippen molar-refractivity contribution in [3.63, 3.8) is 0 Å². The smallest absolute Gasteiger partial charge is 0.337 e. The number of benzene rings is 1. The predicted octanol–water partition coefficient (Wildman–Crippen LogP) is -0.0660. The first-order valence-corrected chi connectivity index (χ1v) is 6.35. The maximum atomic E-state index is 11.5. The monoisotopic (exact) mass is 328 g/mol. The SMILES string of the molecule is COc1cc(OCC(=O)NCC(C)(O)C(=O)O)ccc1[N+](=O)[O-]. The van der Waals surface area contributed by atoms with Gasteiger partial charge >= 0.3 is 11.7 Å². The van der Waals surface area contributed by atoms with Crippen molar-refractivity contribution in [2.75, 3.05) is 20.3 Å². The van der Waals surface area contributed by atoms with Crippen molar-refractivity contribution in [2.45, 2.75) is 12.5 Å². The van der Waals surface area contributed by atoms with Crippen LogP contribution in [0.5, 0.6) is 11.5 Å². The second kappa shape index (κ2) is 7.40. The Balaban J connectivity index is 2.60. The molecule has 10 nitrogen and oxygen atoms in total. The molecule has 0 aromatic heterocycles. The van der Waals surface area contributed by atoms with E-state index in [2.05, 4.69) is 5.32 Å². The number of aliphatic carboxylic acids is 1. The molecular weight excluding hydrogens is 312 g/mol. The molecule has 126 valence electrons. The van der Waals surface area contributed by atoms with Gasteiger partial charge in [-0.2, -0.15) is 0 Å². The van der Waals surface area contributed by atoms with E-state index in [1.165, 1.54) is 25.3 Å². The van der Waals surface area contributed by atoms with Gasteiger partial charge in [0.25, 0.3) is 5.91 Å². The molecule has 1 atom stereocenters. The molecule has 0 bridgehead atoms. The summed E-state index contributed by atoms with van der Waals surface area (Å²) in [5, 5.41) is 31.1. The minimum Gasteiger partial charge on any atom is -0.490 e. The topological polar surface area (TPSA) is 148 Å². The van der Waals surface area contributed by atoms with Crippen LogP contribution in [-0.2, 0) is 9.59 Å². The highest BCUT2D eigenvalue weighted by Gasteiger charge is 2.30. The molecule has 0 saturated heterocycles. The lowest BCUT2D eigenvalue weighted by Crippen LogP contribution is -2.47. The molecule has 0 fully saturated rings. The number of nitro benzene ring substituents is 1. The van der Waals surface area contributed by atoms with Crippen molar-refractivity contribution in [3.8, 4) is 11.5 Å². The van der Waals surface area contributed by atoms with Crippen LogP contribution in [0.3, 0.4) is 0 Å². The van der Waals surface area contributed by atoms with Gasteiger partial charge in [0.05, 0.1) is 18.6 Å². The lowest BCUT2D eigenvalue weighted by atomic mass is 10.1. The fraction of sp³-hybridized carbons (Fsp3) is 0.385. The van der Waals surface area contributed by atoms with Crippen LogP contribution in [0, 0.1) is 10.1 Å². The van der Waals surface area contributed by atoms with E-state index in [4.69, 9.17) is 14.6 Å². The number of methoxy groups -OCH3 is 1. The van der Waals surface area contributed by atoms with Crippen LogP contribution in [0.2, 0.25) is 0 Å². The number of amides is 1. The Morgan fingerprint density at radius 2 is 2.09 bits per heavy atom. The standard InChI is InChI=1S/C13H16N2O8/c1-13(19,12(17)18)7-14-11(16)6-23-8-3-4-9(15(20)21)10(5-8)22-2/h3-5,19H,6-7H2,1-2H3,(H,14,16)(H,17,18). The average Bonchev–Trinajstić information content (AvgIpc) is 2.50. The molecule has 23 heavy (non-hydrogen) atoms. The van der Waals surface area contributed by atoms with Crippen molar-refractivity contribution in [2.24, 2.45) is 0 Å². The number of nitro groups is 1. The first-order chi connectivity index (χ1) is 10.7. The number of aliphatic hydroxyl groups is 1. The van der Waals surface area contributed by atoms with Crippen LogP contribution < -0.4 is 14.8 Å². The number of ether oxygens (including phenoxy) is 2. The van der Waals surface area contributed by atoms with Crippen LogP contribution in [-0.4, -0.2) is 52.9 Å². The number of nitrogens with zero attached hydrogens (tertiary/aromatic N) is 1. The molecule has 0 aliphatic carbocycles. The van der Waals surface area contributed by atoms with E-state index >= 15 is 0 Å². The van der Waals surface area contributed by atoms with Gasteiger partial charge in [-0.25, -0.2) is 4.79 Å². The van der Waals surface area contributed by atoms with Crippen molar-refractivity contribution < 1.29 is 34.2 Å². The third kappa shape index (κ3) is 5.11. The van der Waals surface area contributed by atoms with E-state index in [1.54, 1.807) is 0 Å². The van der Waals surface area contributed by atoms with Crippen molar-refractivity contribution in [3.05, 3.63) is 28.3 Å². The molecule has 1 aromatic carbocycles. The summed E-state index contributed by atoms with van der Waals surface area (Å²) in [6.07, 6.45) is 0. The second-order valence-electron chi connectivity index (χ2n) is 4.74. The highest BCUT2D eigenvalue weighted by molar-refractivity contribution is 5.80. The summed E-state index contributed by atoms with van der Waals surface area (Å²) in [5.41, 5.74) is -2.34. The Bertz CT molecular complexity index is 614. The lowest BCUT2D eigenvalue weighted by molar-refractivity contribution is -0.385. The van der Waals surface area contributed by atoms with Gasteiger partial charge in [0.15, 0.2) is 12.2 Å². The zero-order chi connectivity index (χ0) is 17.6. The van der Waals surface area contributed by atoms with E-state index in [9.17, 15) is 24.8 Å². The number of hydrogen-bond donors (Lipinski definition) is 3. The van der Waals surface area contributed by atoms with Crippen LogP contribution in [0.1, 0.15) is 6.92 Å². The number of carbonyl (C=O) groups excluding carboxylic acids is 1. The van der Waals surface area contributed by atoms with Crippen LogP contribution in [0.4, 0.5) is 5.69 Å². The lowest BCUT2D eigenvalue weighted by Gasteiger charge is -2.18. The number of carbonyl (C=O) groups is 2. The van der Waals surface area contributed by atoms with Crippen molar-refractivity contribution >= 4 is 17.6 Å². The summed E-state index contributed by atoms with van der Waals surface area (Å²) < 4.78 is 9.98. The third-order valence-corrected chi connectivity index (χ3v) is 2.81. The third-order valence-electron chi connectivity index (χ3n) is 2.81. The molecule has 0 radical (unpaired) electrons. The van der Waals surface area contributed by atoms with Crippen LogP contribution >= 0.6 is 0 Å². The van der Waals surface area contributed by atoms with Crippen molar-refractivity contribution in [1.29, 1.82) is 0 Å². The Hall–Kier alpha value is -2.88. The van der Waals surface area contributed by atoms with Gasteiger partial charge in [-0.3, -0.25) is 14.9 Å². The second-order valence-corrected chi connectivity index (χ2v) is 4.74. The van der Waals surface area contributed by atoms with Gasteiger partial charge in [0.2, 0.25) is 5.75 Å². The molecule has 0 aliphatic heterocycles. The van der Waals surface area contributed by atoms with Gasteiger partial charge in [-0.1, -0.05) is 0 Å². The first kappa shape index (κ1) is 18.2. The molecule has 10 heteroatoms. The highest BCUT2D eigenvalue weighted by Crippen LogP contribution is 2.30. The largest absolute Gasteiger partial charge is 0.490 e. The minimum atomic E-state index is -2.09. The van der Waals surface area contributed by atoms with Gasteiger partial charge in [0.1, 0.15) is 5.75 Å². The Morgan fingerprint density at radius 3 is 2.61 bits per heavy atom. The number of nitrogens with one attached hydrogen (secondary N) is 1. The fourth-order valence-corrected chi connectivity index (χ4v) is 1.44. The average molecular weight is 328 g/mol. The Labute approximate surface area is 130 Å². The van der Waals surface area contributed by atoms with Gasteiger partial charge in [-0.15, -0.1) is 0 Å². The summed E-state index contributed by atoms with van der Waals surface area (Å²) in [6, 6.07) is 3.71. The van der Waals surface area contributed by atoms with Crippen LogP contribution in [0.15, 0.2) is 18.2 Å². The maximum Gasteiger partial charge on any atom is 0.337 e. The van der Waals surface area contributed by atoms with E-state index < -0.39 is 35.6 Å². The number of hydrogen-bond acceptors (Lipinski definition) is 7. The zero-order valence-corrected chi connectivity index (χ0v) is 12.4. The molecule has 0 heterocycles. The molecule has 0 aliphatic rings. The van der Waals surface area contributed by atoms with Gasteiger partial charge in [-0.05, 0) is 13.0 Å². The zero-order valence-electron chi connectivity index (χ0n) is 12.4. The number of carboxylic acid groups (broad SMARTS) is 1. The number of rotatable bonds is 8. The molecule has 3 N–H and O–H groups in total. The molecule has 1 aromatic rings. The Morgan fingerprint density at radius 1 is 1.43 bits per heavy atom. The summed E-state index contributed by atoms with van der Waals surface area (Å²) >= 11 is 0. The van der Waals surface area contributed by atoms with E-state index in [-0.39, 0.29) is 17.2 Å². The van der Waals surface area contributed by atoms with Gasteiger partial charge in [0, 0.05) is 12.1 Å². The van der Waals surface area contributed by atoms with Crippen LogP contribution in [0.25, 0.3) is 0 Å². The van der Waals surface area contributed by atoms with Crippen molar-refractivity contribution in [1.82, 2.24) is 5.32 Å². The molecular formula is C13H16N2O8.